The van der Waals surface area contributed by atoms with Gasteiger partial charge in [0.15, 0.2) is 22.1 Å². The van der Waals surface area contributed by atoms with Gasteiger partial charge in [-0.15, -0.1) is 0 Å². The van der Waals surface area contributed by atoms with Crippen molar-refractivity contribution in [2.45, 2.75) is 6.92 Å². The van der Waals surface area contributed by atoms with Gasteiger partial charge < -0.3 is 14.2 Å². The highest BCUT2D eigenvalue weighted by atomic mass is 79.9. The SMILES string of the molecule is COc1cc(C=c2sc3nc4cc(Br)cnc4n3c2=O)cc(OC)c1OC(C)=O. The molecule has 0 aliphatic carbocycles. The van der Waals surface area contributed by atoms with E-state index < -0.39 is 5.97 Å². The Labute approximate surface area is 176 Å². The van der Waals surface area contributed by atoms with Gasteiger partial charge in [0.25, 0.3) is 5.56 Å². The summed E-state index contributed by atoms with van der Waals surface area (Å²) in [7, 11) is 2.92. The number of carbonyl (C=O) groups is 1. The zero-order valence-corrected chi connectivity index (χ0v) is 18.0. The van der Waals surface area contributed by atoms with E-state index in [1.165, 1.54) is 36.9 Å². The molecule has 8 nitrogen and oxygen atoms in total. The van der Waals surface area contributed by atoms with Gasteiger partial charge in [-0.3, -0.25) is 9.59 Å². The minimum absolute atomic E-state index is 0.184. The largest absolute Gasteiger partial charge is 0.493 e. The van der Waals surface area contributed by atoms with E-state index in [-0.39, 0.29) is 11.3 Å². The monoisotopic (exact) mass is 475 g/mol. The number of hydrogen-bond acceptors (Lipinski definition) is 8. The van der Waals surface area contributed by atoms with Crippen LogP contribution in [0, 0.1) is 0 Å². The third-order valence-electron chi connectivity index (χ3n) is 4.07. The standard InChI is InChI=1S/C19H14BrN3O5S/c1-9(24)28-16-13(26-2)4-10(5-14(16)27-3)6-15-18(25)23-17-12(22-19(23)29-15)7-11(20)8-21-17/h4-8H,1-3H3. The molecule has 10 heteroatoms. The summed E-state index contributed by atoms with van der Waals surface area (Å²) in [4.78, 5) is 33.6. The highest BCUT2D eigenvalue weighted by molar-refractivity contribution is 9.10. The van der Waals surface area contributed by atoms with Crippen molar-refractivity contribution in [2.75, 3.05) is 14.2 Å². The second-order valence-electron chi connectivity index (χ2n) is 5.99. The molecule has 0 saturated carbocycles. The summed E-state index contributed by atoms with van der Waals surface area (Å²) in [6, 6.07) is 5.14. The van der Waals surface area contributed by atoms with Crippen LogP contribution in [0.15, 0.2) is 33.7 Å². The number of methoxy groups -OCH3 is 2. The Bertz CT molecular complexity index is 1350. The molecule has 0 aliphatic heterocycles. The molecule has 1 aromatic carbocycles. The number of carbonyl (C=O) groups excluding carboxylic acids is 1. The molecular formula is C19H14BrN3O5S. The lowest BCUT2D eigenvalue weighted by Gasteiger charge is -2.13. The fourth-order valence-corrected chi connectivity index (χ4v) is 4.19. The minimum Gasteiger partial charge on any atom is -0.493 e. The molecule has 0 aliphatic rings. The summed E-state index contributed by atoms with van der Waals surface area (Å²) in [6.07, 6.45) is 3.33. The van der Waals surface area contributed by atoms with Gasteiger partial charge >= 0.3 is 5.97 Å². The average Bonchev–Trinajstić information content (AvgIpc) is 3.17. The number of hydrogen-bond donors (Lipinski definition) is 0. The van der Waals surface area contributed by atoms with Crippen LogP contribution in [-0.4, -0.2) is 34.6 Å². The first-order valence-corrected chi connectivity index (χ1v) is 9.95. The molecular weight excluding hydrogens is 462 g/mol. The van der Waals surface area contributed by atoms with Crippen molar-refractivity contribution in [3.05, 3.63) is 49.3 Å². The van der Waals surface area contributed by atoms with Crippen LogP contribution in [-0.2, 0) is 4.79 Å². The van der Waals surface area contributed by atoms with Crippen molar-refractivity contribution in [2.24, 2.45) is 0 Å². The molecule has 29 heavy (non-hydrogen) atoms. The molecule has 0 radical (unpaired) electrons. The first-order chi connectivity index (χ1) is 13.9. The molecule has 0 saturated heterocycles. The molecule has 0 spiro atoms. The van der Waals surface area contributed by atoms with Crippen LogP contribution in [0.4, 0.5) is 0 Å². The highest BCUT2D eigenvalue weighted by Gasteiger charge is 2.17. The van der Waals surface area contributed by atoms with Crippen LogP contribution in [0.1, 0.15) is 12.5 Å². The second kappa shape index (κ2) is 7.45. The lowest BCUT2D eigenvalue weighted by atomic mass is 10.1. The highest BCUT2D eigenvalue weighted by Crippen LogP contribution is 2.38. The smallest absolute Gasteiger partial charge is 0.308 e. The summed E-state index contributed by atoms with van der Waals surface area (Å²) in [5.41, 5.74) is 1.58. The Kier molecular flexibility index (Phi) is 4.97. The number of pyridine rings is 1. The number of halogens is 1. The predicted octanol–water partition coefficient (Wildman–Crippen LogP) is 2.56. The first kappa shape index (κ1) is 19.3. The van der Waals surface area contributed by atoms with Gasteiger partial charge in [-0.2, -0.15) is 0 Å². The van der Waals surface area contributed by atoms with Crippen molar-refractivity contribution in [3.63, 3.8) is 0 Å². The van der Waals surface area contributed by atoms with E-state index in [0.717, 1.165) is 4.47 Å². The maximum Gasteiger partial charge on any atom is 0.308 e. The lowest BCUT2D eigenvalue weighted by Crippen LogP contribution is -2.23. The van der Waals surface area contributed by atoms with E-state index in [1.54, 1.807) is 24.4 Å². The molecule has 0 bridgehead atoms. The van der Waals surface area contributed by atoms with Gasteiger partial charge in [0.1, 0.15) is 5.52 Å². The third kappa shape index (κ3) is 3.45. The minimum atomic E-state index is -0.495. The normalized spacial score (nSPS) is 11.9. The number of imidazole rings is 1. The Morgan fingerprint density at radius 1 is 1.21 bits per heavy atom. The Morgan fingerprint density at radius 3 is 2.52 bits per heavy atom. The first-order valence-electron chi connectivity index (χ1n) is 8.34. The molecule has 148 valence electrons. The summed E-state index contributed by atoms with van der Waals surface area (Å²) in [5.74, 6) is 0.322. The van der Waals surface area contributed by atoms with E-state index in [0.29, 0.717) is 37.7 Å². The van der Waals surface area contributed by atoms with E-state index >= 15 is 0 Å². The van der Waals surface area contributed by atoms with E-state index in [4.69, 9.17) is 14.2 Å². The molecule has 3 aromatic heterocycles. The number of aromatic nitrogens is 3. The van der Waals surface area contributed by atoms with E-state index in [2.05, 4.69) is 25.9 Å². The van der Waals surface area contributed by atoms with Crippen molar-refractivity contribution in [3.8, 4) is 17.2 Å². The van der Waals surface area contributed by atoms with E-state index in [9.17, 15) is 9.59 Å². The number of fused-ring (bicyclic) bond motifs is 3. The zero-order chi connectivity index (χ0) is 20.7. The number of thiazole rings is 1. The Hall–Kier alpha value is -2.98. The van der Waals surface area contributed by atoms with Gasteiger partial charge in [0, 0.05) is 17.6 Å². The molecule has 4 aromatic rings. The predicted molar refractivity (Wildman–Crippen MR) is 112 cm³/mol. The topological polar surface area (TPSA) is 92.0 Å². The van der Waals surface area contributed by atoms with Crippen LogP contribution in [0.25, 0.3) is 22.2 Å². The van der Waals surface area contributed by atoms with Gasteiger partial charge in [-0.1, -0.05) is 11.3 Å². The third-order valence-corrected chi connectivity index (χ3v) is 5.48. The van der Waals surface area contributed by atoms with Crippen molar-refractivity contribution >= 4 is 55.4 Å². The van der Waals surface area contributed by atoms with Crippen molar-refractivity contribution in [1.82, 2.24) is 14.4 Å². The van der Waals surface area contributed by atoms with Crippen LogP contribution in [0.2, 0.25) is 0 Å². The fourth-order valence-electron chi connectivity index (χ4n) is 2.89. The number of ether oxygens (including phenoxy) is 3. The summed E-state index contributed by atoms with van der Waals surface area (Å²) in [5, 5.41) is 0. The number of rotatable bonds is 4. The van der Waals surface area contributed by atoms with Gasteiger partial charge in [-0.25, -0.2) is 14.4 Å². The quantitative estimate of drug-likeness (QED) is 0.330. The van der Waals surface area contributed by atoms with Crippen LogP contribution >= 0.6 is 27.3 Å². The van der Waals surface area contributed by atoms with Gasteiger partial charge in [-0.05, 0) is 45.8 Å². The van der Waals surface area contributed by atoms with Gasteiger partial charge in [0.2, 0.25) is 5.75 Å². The van der Waals surface area contributed by atoms with Crippen molar-refractivity contribution < 1.29 is 19.0 Å². The second-order valence-corrected chi connectivity index (χ2v) is 7.91. The van der Waals surface area contributed by atoms with Crippen LogP contribution in [0.5, 0.6) is 17.2 Å². The fraction of sp³-hybridized carbons (Fsp3) is 0.158. The van der Waals surface area contributed by atoms with Crippen LogP contribution in [0.3, 0.4) is 0 Å². The number of esters is 1. The molecule has 0 amide bonds. The lowest BCUT2D eigenvalue weighted by molar-refractivity contribution is -0.132. The molecule has 3 heterocycles. The summed E-state index contributed by atoms with van der Waals surface area (Å²) in [6.45, 7) is 1.29. The summed E-state index contributed by atoms with van der Waals surface area (Å²) >= 11 is 4.61. The molecule has 0 fully saturated rings. The number of nitrogens with zero attached hydrogens (tertiary/aromatic N) is 3. The maximum atomic E-state index is 12.9. The van der Waals surface area contributed by atoms with Crippen molar-refractivity contribution in [1.29, 1.82) is 0 Å². The van der Waals surface area contributed by atoms with E-state index in [1.807, 2.05) is 6.07 Å². The summed E-state index contributed by atoms with van der Waals surface area (Å²) < 4.78 is 18.6. The average molecular weight is 476 g/mol. The molecule has 4 rings (SSSR count). The Balaban J connectivity index is 1.89. The molecule has 0 N–H and O–H groups in total. The van der Waals surface area contributed by atoms with Crippen LogP contribution < -0.4 is 24.3 Å². The molecule has 0 atom stereocenters. The Morgan fingerprint density at radius 2 is 1.90 bits per heavy atom. The maximum absolute atomic E-state index is 12.9. The number of benzene rings is 1. The zero-order valence-electron chi connectivity index (χ0n) is 15.6. The molecule has 0 unspecified atom stereocenters. The van der Waals surface area contributed by atoms with Gasteiger partial charge in [0.05, 0.1) is 18.8 Å².